The Hall–Kier alpha value is -1.86. The summed E-state index contributed by atoms with van der Waals surface area (Å²) >= 11 is 1.79. The SMILES string of the molecule is O=C(Nc1ccc(-n2ccnc2)nc1)C1CSCCN1. The highest BCUT2D eigenvalue weighted by Crippen LogP contribution is 2.12. The molecule has 0 bridgehead atoms. The Morgan fingerprint density at radius 1 is 1.50 bits per heavy atom. The maximum atomic E-state index is 12.1. The fourth-order valence-corrected chi connectivity index (χ4v) is 2.90. The topological polar surface area (TPSA) is 71.8 Å². The summed E-state index contributed by atoms with van der Waals surface area (Å²) in [6.07, 6.45) is 6.86. The van der Waals surface area contributed by atoms with Crippen molar-refractivity contribution in [2.45, 2.75) is 6.04 Å². The molecule has 0 radical (unpaired) electrons. The number of amides is 1. The average molecular weight is 289 g/mol. The zero-order valence-electron chi connectivity index (χ0n) is 10.8. The predicted octanol–water partition coefficient (Wildman–Crippen LogP) is 0.911. The minimum atomic E-state index is -0.123. The number of nitrogens with one attached hydrogen (secondary N) is 2. The van der Waals surface area contributed by atoms with Crippen LogP contribution in [0.5, 0.6) is 0 Å². The zero-order chi connectivity index (χ0) is 13.8. The second-order valence-corrected chi connectivity index (χ2v) is 5.60. The molecule has 6 nitrogen and oxygen atoms in total. The van der Waals surface area contributed by atoms with Crippen molar-refractivity contribution in [1.82, 2.24) is 19.9 Å². The summed E-state index contributed by atoms with van der Waals surface area (Å²) in [6.45, 7) is 0.876. The molecule has 1 aliphatic heterocycles. The number of nitrogens with zero attached hydrogens (tertiary/aromatic N) is 3. The fourth-order valence-electron chi connectivity index (χ4n) is 1.97. The quantitative estimate of drug-likeness (QED) is 0.879. The summed E-state index contributed by atoms with van der Waals surface area (Å²) in [5, 5.41) is 6.09. The van der Waals surface area contributed by atoms with E-state index in [4.69, 9.17) is 0 Å². The highest BCUT2D eigenvalue weighted by molar-refractivity contribution is 7.99. The van der Waals surface area contributed by atoms with Gasteiger partial charge in [0.15, 0.2) is 0 Å². The van der Waals surface area contributed by atoms with Crippen LogP contribution in [0.4, 0.5) is 5.69 Å². The number of carbonyl (C=O) groups excluding carboxylic acids is 1. The standard InChI is InChI=1S/C13H15N5OS/c19-13(11-8-20-6-4-15-11)17-10-1-2-12(16-7-10)18-5-3-14-9-18/h1-3,5,7,9,11,15H,4,6,8H2,(H,17,19). The van der Waals surface area contributed by atoms with Crippen molar-refractivity contribution in [3.63, 3.8) is 0 Å². The van der Waals surface area contributed by atoms with Crippen LogP contribution < -0.4 is 10.6 Å². The number of thioether (sulfide) groups is 1. The Labute approximate surface area is 121 Å². The van der Waals surface area contributed by atoms with E-state index in [2.05, 4.69) is 20.6 Å². The van der Waals surface area contributed by atoms with Crippen molar-refractivity contribution >= 4 is 23.4 Å². The number of pyridine rings is 1. The van der Waals surface area contributed by atoms with Crippen molar-refractivity contribution in [3.05, 3.63) is 37.1 Å². The Bertz CT molecular complexity index is 563. The molecule has 1 saturated heterocycles. The number of rotatable bonds is 3. The van der Waals surface area contributed by atoms with E-state index in [1.165, 1.54) is 0 Å². The van der Waals surface area contributed by atoms with Crippen LogP contribution in [0, 0.1) is 0 Å². The Balaban J connectivity index is 1.64. The largest absolute Gasteiger partial charge is 0.323 e. The molecule has 104 valence electrons. The van der Waals surface area contributed by atoms with Crippen LogP contribution in [0.3, 0.4) is 0 Å². The number of imidazole rings is 1. The van der Waals surface area contributed by atoms with Gasteiger partial charge in [-0.3, -0.25) is 9.36 Å². The molecule has 0 aromatic carbocycles. The molecule has 2 N–H and O–H groups in total. The molecule has 1 amide bonds. The number of hydrogen-bond acceptors (Lipinski definition) is 5. The maximum Gasteiger partial charge on any atom is 0.242 e. The lowest BCUT2D eigenvalue weighted by atomic mass is 10.3. The first-order valence-electron chi connectivity index (χ1n) is 6.39. The van der Waals surface area contributed by atoms with Gasteiger partial charge in [-0.2, -0.15) is 11.8 Å². The van der Waals surface area contributed by atoms with Gasteiger partial charge in [-0.15, -0.1) is 0 Å². The highest BCUT2D eigenvalue weighted by atomic mass is 32.2. The summed E-state index contributed by atoms with van der Waals surface area (Å²) in [5.41, 5.74) is 0.705. The lowest BCUT2D eigenvalue weighted by Crippen LogP contribution is -2.46. The van der Waals surface area contributed by atoms with Gasteiger partial charge < -0.3 is 10.6 Å². The van der Waals surface area contributed by atoms with Gasteiger partial charge >= 0.3 is 0 Å². The van der Waals surface area contributed by atoms with E-state index in [9.17, 15) is 4.79 Å². The van der Waals surface area contributed by atoms with Gasteiger partial charge in [-0.25, -0.2) is 9.97 Å². The van der Waals surface area contributed by atoms with E-state index in [1.807, 2.05) is 22.9 Å². The van der Waals surface area contributed by atoms with Crippen LogP contribution in [0.1, 0.15) is 0 Å². The summed E-state index contributed by atoms with van der Waals surface area (Å²) in [6, 6.07) is 3.57. The van der Waals surface area contributed by atoms with Crippen LogP contribution >= 0.6 is 11.8 Å². The first-order valence-corrected chi connectivity index (χ1v) is 7.55. The molecule has 0 spiro atoms. The van der Waals surface area contributed by atoms with E-state index >= 15 is 0 Å². The summed E-state index contributed by atoms with van der Waals surface area (Å²) in [5.74, 6) is 2.64. The number of aromatic nitrogens is 3. The van der Waals surface area contributed by atoms with Gasteiger partial charge in [0, 0.05) is 30.4 Å². The second kappa shape index (κ2) is 6.06. The molecule has 3 rings (SSSR count). The van der Waals surface area contributed by atoms with Crippen molar-refractivity contribution in [1.29, 1.82) is 0 Å². The summed E-state index contributed by atoms with van der Waals surface area (Å²) < 4.78 is 1.81. The molecule has 2 aromatic rings. The van der Waals surface area contributed by atoms with Gasteiger partial charge in [0.1, 0.15) is 12.1 Å². The molecule has 2 aromatic heterocycles. The zero-order valence-corrected chi connectivity index (χ0v) is 11.6. The fraction of sp³-hybridized carbons (Fsp3) is 0.308. The van der Waals surface area contributed by atoms with Crippen LogP contribution in [-0.2, 0) is 4.79 Å². The molecule has 1 aliphatic rings. The Morgan fingerprint density at radius 3 is 3.10 bits per heavy atom. The van der Waals surface area contributed by atoms with E-state index in [1.54, 1.807) is 30.5 Å². The molecule has 0 saturated carbocycles. The lowest BCUT2D eigenvalue weighted by molar-refractivity contribution is -0.117. The van der Waals surface area contributed by atoms with Crippen molar-refractivity contribution in [3.8, 4) is 5.82 Å². The van der Waals surface area contributed by atoms with E-state index in [0.29, 0.717) is 5.69 Å². The van der Waals surface area contributed by atoms with Crippen molar-refractivity contribution in [2.24, 2.45) is 0 Å². The summed E-state index contributed by atoms with van der Waals surface area (Å²) in [4.78, 5) is 20.3. The maximum absolute atomic E-state index is 12.1. The number of hydrogen-bond donors (Lipinski definition) is 2. The van der Waals surface area contributed by atoms with Gasteiger partial charge in [-0.1, -0.05) is 0 Å². The average Bonchev–Trinajstić information content (AvgIpc) is 3.03. The molecule has 0 aliphatic carbocycles. The minimum absolute atomic E-state index is 0.00520. The molecular weight excluding hydrogens is 274 g/mol. The highest BCUT2D eigenvalue weighted by Gasteiger charge is 2.20. The second-order valence-electron chi connectivity index (χ2n) is 4.45. The van der Waals surface area contributed by atoms with Crippen LogP contribution in [-0.4, -0.2) is 44.5 Å². The molecule has 20 heavy (non-hydrogen) atoms. The van der Waals surface area contributed by atoms with E-state index in [-0.39, 0.29) is 11.9 Å². The van der Waals surface area contributed by atoms with Crippen LogP contribution in [0.25, 0.3) is 5.82 Å². The third-order valence-corrected chi connectivity index (χ3v) is 4.08. The first kappa shape index (κ1) is 13.1. The third kappa shape index (κ3) is 3.00. The Morgan fingerprint density at radius 2 is 2.45 bits per heavy atom. The lowest BCUT2D eigenvalue weighted by Gasteiger charge is -2.22. The van der Waals surface area contributed by atoms with E-state index in [0.717, 1.165) is 23.9 Å². The van der Waals surface area contributed by atoms with Crippen molar-refractivity contribution in [2.75, 3.05) is 23.4 Å². The first-order chi connectivity index (χ1) is 9.83. The Kier molecular flexibility index (Phi) is 3.98. The molecule has 1 unspecified atom stereocenters. The molecular formula is C13H15N5OS. The minimum Gasteiger partial charge on any atom is -0.323 e. The molecule has 7 heteroatoms. The normalized spacial score (nSPS) is 18.7. The van der Waals surface area contributed by atoms with E-state index < -0.39 is 0 Å². The smallest absolute Gasteiger partial charge is 0.242 e. The number of anilines is 1. The molecule has 3 heterocycles. The summed E-state index contributed by atoms with van der Waals surface area (Å²) in [7, 11) is 0. The van der Waals surface area contributed by atoms with Gasteiger partial charge in [-0.05, 0) is 12.1 Å². The van der Waals surface area contributed by atoms with Crippen LogP contribution in [0.2, 0.25) is 0 Å². The van der Waals surface area contributed by atoms with Gasteiger partial charge in [0.2, 0.25) is 5.91 Å². The monoisotopic (exact) mass is 289 g/mol. The predicted molar refractivity (Wildman–Crippen MR) is 79.1 cm³/mol. The molecule has 1 atom stereocenters. The third-order valence-electron chi connectivity index (χ3n) is 3.02. The molecule has 1 fully saturated rings. The number of carbonyl (C=O) groups is 1. The van der Waals surface area contributed by atoms with Gasteiger partial charge in [0.25, 0.3) is 0 Å². The van der Waals surface area contributed by atoms with Crippen LogP contribution in [0.15, 0.2) is 37.1 Å². The van der Waals surface area contributed by atoms with Crippen molar-refractivity contribution < 1.29 is 4.79 Å². The van der Waals surface area contributed by atoms with Gasteiger partial charge in [0.05, 0.1) is 17.9 Å².